The van der Waals surface area contributed by atoms with Gasteiger partial charge in [0, 0.05) is 13.1 Å². The predicted octanol–water partition coefficient (Wildman–Crippen LogP) is -0.210. The van der Waals surface area contributed by atoms with E-state index in [-0.39, 0.29) is 25.0 Å². The second kappa shape index (κ2) is 5.09. The van der Waals surface area contributed by atoms with Gasteiger partial charge in [0.05, 0.1) is 6.26 Å². The first-order valence-corrected chi connectivity index (χ1v) is 8.32. The number of carbonyl (C=O) groups is 2. The minimum Gasteiger partial charge on any atom is -0.323 e. The molecule has 0 aromatic carbocycles. The van der Waals surface area contributed by atoms with Crippen LogP contribution in [0, 0.1) is 0 Å². The molecule has 19 heavy (non-hydrogen) atoms. The van der Waals surface area contributed by atoms with Crippen LogP contribution in [0.5, 0.6) is 0 Å². The van der Waals surface area contributed by atoms with Crippen LogP contribution in [0.25, 0.3) is 0 Å². The summed E-state index contributed by atoms with van der Waals surface area (Å²) in [6.07, 6.45) is 4.81. The van der Waals surface area contributed by atoms with Crippen molar-refractivity contribution in [3.63, 3.8) is 0 Å². The molecule has 0 bridgehead atoms. The van der Waals surface area contributed by atoms with E-state index in [2.05, 4.69) is 10.0 Å². The van der Waals surface area contributed by atoms with Gasteiger partial charge in [-0.2, -0.15) is 0 Å². The van der Waals surface area contributed by atoms with Crippen molar-refractivity contribution >= 4 is 22.0 Å². The molecule has 0 unspecified atom stereocenters. The van der Waals surface area contributed by atoms with Crippen molar-refractivity contribution in [1.82, 2.24) is 14.9 Å². The summed E-state index contributed by atoms with van der Waals surface area (Å²) in [5.41, 5.74) is -0.679. The molecule has 0 aromatic rings. The van der Waals surface area contributed by atoms with Crippen molar-refractivity contribution in [2.75, 3.05) is 19.3 Å². The standard InChI is InChI=1S/C11H19N3O4S/c1-19(17,18)12-7-4-8-14-9(15)11(13-10(14)16)5-2-3-6-11/h12H,2-8H2,1H3,(H,13,16). The Kier molecular flexibility index (Phi) is 3.82. The topological polar surface area (TPSA) is 95.6 Å². The molecular weight excluding hydrogens is 270 g/mol. The Morgan fingerprint density at radius 1 is 1.32 bits per heavy atom. The van der Waals surface area contributed by atoms with E-state index in [0.29, 0.717) is 19.3 Å². The molecule has 7 nitrogen and oxygen atoms in total. The Hall–Kier alpha value is -1.15. The first kappa shape index (κ1) is 14.3. The number of urea groups is 1. The Balaban J connectivity index is 1.87. The van der Waals surface area contributed by atoms with E-state index in [1.165, 1.54) is 4.90 Å². The molecule has 108 valence electrons. The monoisotopic (exact) mass is 289 g/mol. The van der Waals surface area contributed by atoms with Gasteiger partial charge in [0.15, 0.2) is 0 Å². The second-order valence-electron chi connectivity index (χ2n) is 5.20. The first-order chi connectivity index (χ1) is 8.84. The van der Waals surface area contributed by atoms with Gasteiger partial charge in [0.1, 0.15) is 5.54 Å². The summed E-state index contributed by atoms with van der Waals surface area (Å²) in [6, 6.07) is -0.355. The lowest BCUT2D eigenvalue weighted by Crippen LogP contribution is -2.44. The quantitative estimate of drug-likeness (QED) is 0.541. The van der Waals surface area contributed by atoms with Gasteiger partial charge in [-0.05, 0) is 19.3 Å². The Morgan fingerprint density at radius 3 is 2.53 bits per heavy atom. The number of carbonyl (C=O) groups excluding carboxylic acids is 2. The molecule has 2 fully saturated rings. The average Bonchev–Trinajstić information content (AvgIpc) is 2.84. The van der Waals surface area contributed by atoms with E-state index < -0.39 is 15.6 Å². The highest BCUT2D eigenvalue weighted by Gasteiger charge is 2.51. The summed E-state index contributed by atoms with van der Waals surface area (Å²) in [6.45, 7) is 0.470. The lowest BCUT2D eigenvalue weighted by atomic mass is 9.98. The highest BCUT2D eigenvalue weighted by molar-refractivity contribution is 7.88. The van der Waals surface area contributed by atoms with Crippen molar-refractivity contribution in [3.05, 3.63) is 0 Å². The lowest BCUT2D eigenvalue weighted by molar-refractivity contribution is -0.131. The van der Waals surface area contributed by atoms with Gasteiger partial charge in [0.2, 0.25) is 10.0 Å². The highest BCUT2D eigenvalue weighted by atomic mass is 32.2. The summed E-state index contributed by atoms with van der Waals surface area (Å²) in [5.74, 6) is -0.158. The van der Waals surface area contributed by atoms with Gasteiger partial charge in [-0.1, -0.05) is 12.8 Å². The Bertz CT molecular complexity index is 482. The van der Waals surface area contributed by atoms with Gasteiger partial charge in [-0.3, -0.25) is 9.69 Å². The third-order valence-corrected chi connectivity index (χ3v) is 4.35. The zero-order valence-electron chi connectivity index (χ0n) is 10.9. The summed E-state index contributed by atoms with van der Waals surface area (Å²) in [7, 11) is -3.22. The Morgan fingerprint density at radius 2 is 1.95 bits per heavy atom. The van der Waals surface area contributed by atoms with Gasteiger partial charge in [-0.25, -0.2) is 17.9 Å². The molecule has 0 atom stereocenters. The van der Waals surface area contributed by atoms with Gasteiger partial charge in [-0.15, -0.1) is 0 Å². The molecule has 0 radical (unpaired) electrons. The van der Waals surface area contributed by atoms with Crippen molar-refractivity contribution in [1.29, 1.82) is 0 Å². The van der Waals surface area contributed by atoms with Gasteiger partial charge >= 0.3 is 6.03 Å². The fourth-order valence-electron chi connectivity index (χ4n) is 2.69. The number of hydrogen-bond donors (Lipinski definition) is 2. The van der Waals surface area contributed by atoms with Crippen LogP contribution in [0.1, 0.15) is 32.1 Å². The molecular formula is C11H19N3O4S. The van der Waals surface area contributed by atoms with Crippen molar-refractivity contribution in [3.8, 4) is 0 Å². The van der Waals surface area contributed by atoms with E-state index >= 15 is 0 Å². The molecule has 2 aliphatic rings. The zero-order chi connectivity index (χ0) is 14.1. The molecule has 8 heteroatoms. The van der Waals surface area contributed by atoms with Crippen molar-refractivity contribution in [2.24, 2.45) is 0 Å². The minimum atomic E-state index is -3.22. The number of imide groups is 1. The van der Waals surface area contributed by atoms with Crippen LogP contribution in [0.15, 0.2) is 0 Å². The zero-order valence-corrected chi connectivity index (χ0v) is 11.8. The van der Waals surface area contributed by atoms with E-state index in [9.17, 15) is 18.0 Å². The number of amides is 3. The maximum Gasteiger partial charge on any atom is 0.325 e. The molecule has 1 saturated heterocycles. The largest absolute Gasteiger partial charge is 0.325 e. The van der Waals surface area contributed by atoms with Crippen LogP contribution in [-0.4, -0.2) is 50.1 Å². The maximum absolute atomic E-state index is 12.2. The van der Waals surface area contributed by atoms with Crippen LogP contribution >= 0.6 is 0 Å². The van der Waals surface area contributed by atoms with Crippen LogP contribution in [0.4, 0.5) is 4.79 Å². The van der Waals surface area contributed by atoms with Gasteiger partial charge in [0.25, 0.3) is 5.91 Å². The molecule has 1 spiro atoms. The molecule has 3 amide bonds. The van der Waals surface area contributed by atoms with E-state index in [4.69, 9.17) is 0 Å². The molecule has 2 rings (SSSR count). The molecule has 1 aliphatic heterocycles. The van der Waals surface area contributed by atoms with Crippen molar-refractivity contribution in [2.45, 2.75) is 37.6 Å². The summed E-state index contributed by atoms with van der Waals surface area (Å²) >= 11 is 0. The second-order valence-corrected chi connectivity index (χ2v) is 7.03. The molecule has 1 aliphatic carbocycles. The Labute approximate surface area is 112 Å². The third kappa shape index (κ3) is 3.06. The van der Waals surface area contributed by atoms with Crippen molar-refractivity contribution < 1.29 is 18.0 Å². The summed E-state index contributed by atoms with van der Waals surface area (Å²) in [5, 5.41) is 2.79. The van der Waals surface area contributed by atoms with Gasteiger partial charge < -0.3 is 5.32 Å². The fourth-order valence-corrected chi connectivity index (χ4v) is 3.21. The van der Waals surface area contributed by atoms with Crippen LogP contribution in [0.3, 0.4) is 0 Å². The number of nitrogens with one attached hydrogen (secondary N) is 2. The van der Waals surface area contributed by atoms with Crippen LogP contribution in [0.2, 0.25) is 0 Å². The van der Waals surface area contributed by atoms with Crippen LogP contribution in [-0.2, 0) is 14.8 Å². The number of rotatable bonds is 5. The van der Waals surface area contributed by atoms with E-state index in [1.54, 1.807) is 0 Å². The molecule has 2 N–H and O–H groups in total. The molecule has 0 aromatic heterocycles. The highest BCUT2D eigenvalue weighted by Crippen LogP contribution is 2.34. The van der Waals surface area contributed by atoms with E-state index in [1.807, 2.05) is 0 Å². The summed E-state index contributed by atoms with van der Waals surface area (Å²) < 4.78 is 24.1. The average molecular weight is 289 g/mol. The number of hydrogen-bond acceptors (Lipinski definition) is 4. The number of nitrogens with zero attached hydrogens (tertiary/aromatic N) is 1. The maximum atomic E-state index is 12.2. The lowest BCUT2D eigenvalue weighted by Gasteiger charge is -2.19. The molecule has 1 heterocycles. The molecule has 1 saturated carbocycles. The van der Waals surface area contributed by atoms with Crippen LogP contribution < -0.4 is 10.0 Å². The summed E-state index contributed by atoms with van der Waals surface area (Å²) in [4.78, 5) is 25.2. The SMILES string of the molecule is CS(=O)(=O)NCCCN1C(=O)NC2(CCCC2)C1=O. The normalized spacial score (nSPS) is 22.3. The number of sulfonamides is 1. The van der Waals surface area contributed by atoms with E-state index in [0.717, 1.165) is 19.1 Å². The fraction of sp³-hybridized carbons (Fsp3) is 0.818. The predicted molar refractivity (Wildman–Crippen MR) is 68.9 cm³/mol. The minimum absolute atomic E-state index is 0.158. The third-order valence-electron chi connectivity index (χ3n) is 3.63. The smallest absolute Gasteiger partial charge is 0.323 e. The first-order valence-electron chi connectivity index (χ1n) is 6.43.